The second-order valence-corrected chi connectivity index (χ2v) is 8.00. The Hall–Kier alpha value is -4.97. The minimum atomic E-state index is -1.11. The lowest BCUT2D eigenvalue weighted by atomic mass is 10.0. The molecule has 0 atom stereocenters. The van der Waals surface area contributed by atoms with Gasteiger partial charge in [-0.15, -0.1) is 0 Å². The number of rotatable bonds is 5. The molecular formula is C29H20N2O4. The van der Waals surface area contributed by atoms with E-state index in [-0.39, 0.29) is 17.1 Å². The molecule has 5 aromatic carbocycles. The van der Waals surface area contributed by atoms with Crippen molar-refractivity contribution in [2.24, 2.45) is 9.98 Å². The highest BCUT2D eigenvalue weighted by molar-refractivity contribution is 6.04. The molecule has 0 aliphatic heterocycles. The normalized spacial score (nSPS) is 11.7. The van der Waals surface area contributed by atoms with Crippen LogP contribution < -0.4 is 0 Å². The zero-order valence-corrected chi connectivity index (χ0v) is 18.5. The fourth-order valence-corrected chi connectivity index (χ4v) is 3.99. The number of aromatic carboxylic acids is 1. The summed E-state index contributed by atoms with van der Waals surface area (Å²) in [5, 5.41) is 33.9. The average molecular weight is 460 g/mol. The van der Waals surface area contributed by atoms with Crippen LogP contribution in [0.15, 0.2) is 101 Å². The van der Waals surface area contributed by atoms with Crippen LogP contribution in [0.1, 0.15) is 21.5 Å². The molecule has 0 saturated heterocycles. The second kappa shape index (κ2) is 9.11. The van der Waals surface area contributed by atoms with Crippen LogP contribution in [-0.2, 0) is 0 Å². The van der Waals surface area contributed by atoms with Gasteiger partial charge in [0.15, 0.2) is 0 Å². The van der Waals surface area contributed by atoms with Gasteiger partial charge in [0.05, 0.1) is 16.9 Å². The van der Waals surface area contributed by atoms with Crippen molar-refractivity contribution in [3.63, 3.8) is 0 Å². The van der Waals surface area contributed by atoms with Gasteiger partial charge < -0.3 is 15.3 Å². The molecule has 0 saturated carbocycles. The molecule has 5 rings (SSSR count). The fourth-order valence-electron chi connectivity index (χ4n) is 3.99. The topological polar surface area (TPSA) is 102 Å². The largest absolute Gasteiger partial charge is 0.507 e. The Balaban J connectivity index is 1.56. The first-order valence-corrected chi connectivity index (χ1v) is 10.9. The standard InChI is InChI=1S/C29H20N2O4/c32-27-11-9-18-5-1-3-7-23(18)25(27)16-30-21-13-20(29(34)35)14-22(15-21)31-17-26-24-8-4-2-6-19(24)10-12-28(26)33/h1-17,32-33H,(H,34,35). The summed E-state index contributed by atoms with van der Waals surface area (Å²) in [7, 11) is 0. The van der Waals surface area contributed by atoms with Crippen molar-refractivity contribution in [2.45, 2.75) is 0 Å². The van der Waals surface area contributed by atoms with E-state index < -0.39 is 5.97 Å². The summed E-state index contributed by atoms with van der Waals surface area (Å²) in [4.78, 5) is 20.6. The number of phenols is 2. The van der Waals surface area contributed by atoms with Gasteiger partial charge in [-0.2, -0.15) is 0 Å². The minimum absolute atomic E-state index is 0.0242. The quantitative estimate of drug-likeness (QED) is 0.257. The zero-order chi connectivity index (χ0) is 24.4. The van der Waals surface area contributed by atoms with Gasteiger partial charge in [0.1, 0.15) is 11.5 Å². The maximum absolute atomic E-state index is 11.7. The molecule has 0 unspecified atom stereocenters. The van der Waals surface area contributed by atoms with Gasteiger partial charge in [0.25, 0.3) is 0 Å². The molecule has 170 valence electrons. The Morgan fingerprint density at radius 3 is 1.54 bits per heavy atom. The number of carboxylic acids is 1. The Labute approximate surface area is 200 Å². The van der Waals surface area contributed by atoms with E-state index in [0.717, 1.165) is 21.5 Å². The molecule has 6 nitrogen and oxygen atoms in total. The van der Waals surface area contributed by atoms with Crippen LogP contribution in [0.5, 0.6) is 11.5 Å². The number of carbonyl (C=O) groups is 1. The molecule has 0 radical (unpaired) electrons. The molecule has 0 aromatic heterocycles. The highest BCUT2D eigenvalue weighted by Crippen LogP contribution is 2.30. The molecule has 0 fully saturated rings. The first kappa shape index (κ1) is 21.9. The summed E-state index contributed by atoms with van der Waals surface area (Å²) in [6, 6.07) is 26.6. The lowest BCUT2D eigenvalue weighted by molar-refractivity contribution is 0.0697. The number of nitrogens with zero attached hydrogens (tertiary/aromatic N) is 2. The molecule has 0 bridgehead atoms. The zero-order valence-electron chi connectivity index (χ0n) is 18.5. The molecule has 0 amide bonds. The summed E-state index contributed by atoms with van der Waals surface area (Å²) in [5.74, 6) is -0.961. The summed E-state index contributed by atoms with van der Waals surface area (Å²) < 4.78 is 0. The van der Waals surface area contributed by atoms with Crippen LogP contribution >= 0.6 is 0 Å². The van der Waals surface area contributed by atoms with Crippen LogP contribution in [0.4, 0.5) is 11.4 Å². The molecule has 5 aromatic rings. The van der Waals surface area contributed by atoms with Gasteiger partial charge >= 0.3 is 5.97 Å². The predicted molar refractivity (Wildman–Crippen MR) is 139 cm³/mol. The van der Waals surface area contributed by atoms with Crippen molar-refractivity contribution < 1.29 is 20.1 Å². The van der Waals surface area contributed by atoms with Gasteiger partial charge in [-0.1, -0.05) is 60.7 Å². The number of hydrogen-bond acceptors (Lipinski definition) is 5. The van der Waals surface area contributed by atoms with Crippen molar-refractivity contribution in [1.82, 2.24) is 0 Å². The summed E-state index contributed by atoms with van der Waals surface area (Å²) in [6.45, 7) is 0. The monoisotopic (exact) mass is 460 g/mol. The number of carboxylic acid groups (broad SMARTS) is 1. The van der Waals surface area contributed by atoms with E-state index in [2.05, 4.69) is 9.98 Å². The lowest BCUT2D eigenvalue weighted by Gasteiger charge is -2.06. The van der Waals surface area contributed by atoms with Crippen LogP contribution in [0.25, 0.3) is 21.5 Å². The Morgan fingerprint density at radius 1 is 0.629 bits per heavy atom. The predicted octanol–water partition coefficient (Wildman–Crippen LogP) is 6.60. The molecule has 0 spiro atoms. The maximum atomic E-state index is 11.7. The highest BCUT2D eigenvalue weighted by atomic mass is 16.4. The average Bonchev–Trinajstić information content (AvgIpc) is 2.87. The third-order valence-electron chi connectivity index (χ3n) is 5.73. The maximum Gasteiger partial charge on any atom is 0.335 e. The van der Waals surface area contributed by atoms with E-state index in [1.54, 1.807) is 18.2 Å². The van der Waals surface area contributed by atoms with E-state index in [1.165, 1.54) is 24.6 Å². The van der Waals surface area contributed by atoms with Crippen molar-refractivity contribution in [3.8, 4) is 11.5 Å². The Kier molecular flexibility index (Phi) is 5.69. The number of phenolic OH excluding ortho intramolecular Hbond substituents is 2. The van der Waals surface area contributed by atoms with E-state index in [0.29, 0.717) is 22.5 Å². The van der Waals surface area contributed by atoms with Crippen LogP contribution in [0.2, 0.25) is 0 Å². The third kappa shape index (κ3) is 4.45. The lowest BCUT2D eigenvalue weighted by Crippen LogP contribution is -1.95. The van der Waals surface area contributed by atoms with E-state index in [1.807, 2.05) is 60.7 Å². The Morgan fingerprint density at radius 2 is 1.09 bits per heavy atom. The molecule has 0 heterocycles. The smallest absolute Gasteiger partial charge is 0.335 e. The van der Waals surface area contributed by atoms with Crippen LogP contribution in [0, 0.1) is 0 Å². The first-order chi connectivity index (χ1) is 17.0. The number of aliphatic imine (C=N–C) groups is 2. The highest BCUT2D eigenvalue weighted by Gasteiger charge is 2.09. The number of fused-ring (bicyclic) bond motifs is 2. The van der Waals surface area contributed by atoms with Crippen molar-refractivity contribution in [3.05, 3.63) is 108 Å². The number of hydrogen-bond donors (Lipinski definition) is 3. The van der Waals surface area contributed by atoms with Gasteiger partial charge in [-0.05, 0) is 51.9 Å². The van der Waals surface area contributed by atoms with E-state index >= 15 is 0 Å². The summed E-state index contributed by atoms with van der Waals surface area (Å²) >= 11 is 0. The third-order valence-corrected chi connectivity index (χ3v) is 5.73. The second-order valence-electron chi connectivity index (χ2n) is 8.00. The van der Waals surface area contributed by atoms with Crippen molar-refractivity contribution in [2.75, 3.05) is 0 Å². The minimum Gasteiger partial charge on any atom is -0.507 e. The molecular weight excluding hydrogens is 440 g/mol. The van der Waals surface area contributed by atoms with Crippen LogP contribution in [-0.4, -0.2) is 33.7 Å². The van der Waals surface area contributed by atoms with Crippen molar-refractivity contribution >= 4 is 51.3 Å². The molecule has 3 N–H and O–H groups in total. The van der Waals surface area contributed by atoms with Gasteiger partial charge in [-0.25, -0.2) is 4.79 Å². The summed E-state index contributed by atoms with van der Waals surface area (Å²) in [5.41, 5.74) is 1.83. The molecule has 0 aliphatic rings. The molecule has 35 heavy (non-hydrogen) atoms. The van der Waals surface area contributed by atoms with Gasteiger partial charge in [0, 0.05) is 23.6 Å². The van der Waals surface area contributed by atoms with Crippen molar-refractivity contribution in [1.29, 1.82) is 0 Å². The molecule has 0 aliphatic carbocycles. The fraction of sp³-hybridized carbons (Fsp3) is 0. The number of benzene rings is 5. The summed E-state index contributed by atoms with van der Waals surface area (Å²) in [6.07, 6.45) is 3.03. The molecule has 6 heteroatoms. The first-order valence-electron chi connectivity index (χ1n) is 10.9. The van der Waals surface area contributed by atoms with Crippen LogP contribution in [0.3, 0.4) is 0 Å². The number of aromatic hydroxyl groups is 2. The van der Waals surface area contributed by atoms with Gasteiger partial charge in [-0.3, -0.25) is 9.98 Å². The van der Waals surface area contributed by atoms with E-state index in [4.69, 9.17) is 0 Å². The SMILES string of the molecule is O=C(O)c1cc(N=Cc2c(O)ccc3ccccc23)cc(N=Cc2c(O)ccc3ccccc23)c1. The Bertz CT molecular complexity index is 1540. The van der Waals surface area contributed by atoms with E-state index in [9.17, 15) is 20.1 Å². The van der Waals surface area contributed by atoms with Gasteiger partial charge in [0.2, 0.25) is 0 Å².